The molecule has 6 nitrogen and oxygen atoms in total. The minimum Gasteiger partial charge on any atom is -0.484 e. The lowest BCUT2D eigenvalue weighted by Crippen LogP contribution is -2.43. The maximum absolute atomic E-state index is 10.8. The van der Waals surface area contributed by atoms with Crippen LogP contribution < -0.4 is 21.1 Å². The molecule has 1 amide bonds. The van der Waals surface area contributed by atoms with Crippen LogP contribution in [0, 0.1) is 0 Å². The van der Waals surface area contributed by atoms with E-state index in [4.69, 9.17) is 10.5 Å². The summed E-state index contributed by atoms with van der Waals surface area (Å²) < 4.78 is 5.34. The Hall–Kier alpha value is -3.02. The third-order valence-electron chi connectivity index (χ3n) is 4.40. The molecule has 0 aliphatic carbocycles. The Morgan fingerprint density at radius 2 is 1.89 bits per heavy atom. The van der Waals surface area contributed by atoms with Gasteiger partial charge in [-0.1, -0.05) is 49.4 Å². The van der Waals surface area contributed by atoms with Crippen LogP contribution >= 0.6 is 0 Å². The van der Waals surface area contributed by atoms with Gasteiger partial charge in [-0.3, -0.25) is 9.79 Å². The average Bonchev–Trinajstić information content (AvgIpc) is 2.69. The molecule has 0 saturated carbocycles. The van der Waals surface area contributed by atoms with Gasteiger partial charge in [0.15, 0.2) is 12.6 Å². The second-order valence-corrected chi connectivity index (χ2v) is 6.46. The lowest BCUT2D eigenvalue weighted by Gasteiger charge is -2.24. The molecule has 6 heteroatoms. The van der Waals surface area contributed by atoms with Crippen LogP contribution in [0.2, 0.25) is 0 Å². The van der Waals surface area contributed by atoms with E-state index in [1.54, 1.807) is 13.1 Å². The van der Waals surface area contributed by atoms with Crippen LogP contribution in [0.4, 0.5) is 0 Å². The Labute approximate surface area is 160 Å². The van der Waals surface area contributed by atoms with Crippen molar-refractivity contribution in [3.63, 3.8) is 0 Å². The maximum atomic E-state index is 10.8. The normalized spacial score (nSPS) is 13.5. The summed E-state index contributed by atoms with van der Waals surface area (Å²) in [5.41, 5.74) is 7.41. The Morgan fingerprint density at radius 3 is 2.56 bits per heavy atom. The largest absolute Gasteiger partial charge is 0.484 e. The summed E-state index contributed by atoms with van der Waals surface area (Å²) in [6.45, 7) is 4.79. The molecule has 2 aromatic rings. The van der Waals surface area contributed by atoms with Crippen LogP contribution in [-0.4, -0.2) is 31.6 Å². The first-order valence-corrected chi connectivity index (χ1v) is 9.01. The summed E-state index contributed by atoms with van der Waals surface area (Å²) in [6.07, 6.45) is 0. The summed E-state index contributed by atoms with van der Waals surface area (Å²) in [5, 5.41) is 6.74. The van der Waals surface area contributed by atoms with E-state index >= 15 is 0 Å². The molecule has 27 heavy (non-hydrogen) atoms. The van der Waals surface area contributed by atoms with Crippen molar-refractivity contribution in [2.24, 2.45) is 10.7 Å². The van der Waals surface area contributed by atoms with Crippen LogP contribution in [0.25, 0.3) is 0 Å². The number of nitrogens with one attached hydrogen (secondary N) is 2. The van der Waals surface area contributed by atoms with Gasteiger partial charge in [-0.05, 0) is 30.2 Å². The summed E-state index contributed by atoms with van der Waals surface area (Å²) >= 11 is 0. The van der Waals surface area contributed by atoms with Crippen molar-refractivity contribution in [3.05, 3.63) is 65.7 Å². The molecular weight excluding hydrogens is 340 g/mol. The SMILES string of the molecule is CN=C(NCc1cccc(OCC(N)=O)c1)NC(C)C(C)c1ccccc1. The van der Waals surface area contributed by atoms with Crippen molar-refractivity contribution in [1.82, 2.24) is 10.6 Å². The first-order valence-electron chi connectivity index (χ1n) is 9.01. The zero-order valence-corrected chi connectivity index (χ0v) is 16.1. The number of benzene rings is 2. The lowest BCUT2D eigenvalue weighted by molar-refractivity contribution is -0.119. The number of rotatable bonds is 8. The zero-order valence-electron chi connectivity index (χ0n) is 16.1. The van der Waals surface area contributed by atoms with Gasteiger partial charge in [0, 0.05) is 25.6 Å². The number of hydrogen-bond acceptors (Lipinski definition) is 3. The molecule has 2 aromatic carbocycles. The van der Waals surface area contributed by atoms with Crippen molar-refractivity contribution in [2.75, 3.05) is 13.7 Å². The Morgan fingerprint density at radius 1 is 1.15 bits per heavy atom. The van der Waals surface area contributed by atoms with Gasteiger partial charge in [0.05, 0.1) is 0 Å². The monoisotopic (exact) mass is 368 g/mol. The minimum atomic E-state index is -0.496. The number of aliphatic imine (C=N–C) groups is 1. The average molecular weight is 368 g/mol. The van der Waals surface area contributed by atoms with Gasteiger partial charge >= 0.3 is 0 Å². The summed E-state index contributed by atoms with van der Waals surface area (Å²) in [6, 6.07) is 18.1. The van der Waals surface area contributed by atoms with Gasteiger partial charge in [0.1, 0.15) is 5.75 Å². The number of carbonyl (C=O) groups is 1. The number of hydrogen-bond donors (Lipinski definition) is 3. The molecule has 0 spiro atoms. The fraction of sp³-hybridized carbons (Fsp3) is 0.333. The van der Waals surface area contributed by atoms with E-state index in [2.05, 4.69) is 53.7 Å². The molecule has 0 bridgehead atoms. The maximum Gasteiger partial charge on any atom is 0.255 e. The summed E-state index contributed by atoms with van der Waals surface area (Å²) in [4.78, 5) is 15.1. The van der Waals surface area contributed by atoms with E-state index in [1.807, 2.05) is 24.3 Å². The molecule has 0 fully saturated rings. The number of amides is 1. The van der Waals surface area contributed by atoms with E-state index in [9.17, 15) is 4.79 Å². The highest BCUT2D eigenvalue weighted by molar-refractivity contribution is 5.80. The molecule has 0 heterocycles. The van der Waals surface area contributed by atoms with Crippen molar-refractivity contribution in [3.8, 4) is 5.75 Å². The van der Waals surface area contributed by atoms with Crippen molar-refractivity contribution in [1.29, 1.82) is 0 Å². The quantitative estimate of drug-likeness (QED) is 0.493. The van der Waals surface area contributed by atoms with Gasteiger partial charge in [0.25, 0.3) is 5.91 Å². The van der Waals surface area contributed by atoms with Crippen molar-refractivity contribution in [2.45, 2.75) is 32.4 Å². The van der Waals surface area contributed by atoms with Crippen molar-refractivity contribution < 1.29 is 9.53 Å². The highest BCUT2D eigenvalue weighted by Crippen LogP contribution is 2.18. The standard InChI is InChI=1S/C21H28N4O2/c1-15(18-9-5-4-6-10-18)16(2)25-21(23-3)24-13-17-8-7-11-19(12-17)27-14-20(22)26/h4-12,15-16H,13-14H2,1-3H3,(H2,22,26)(H2,23,24,25). The second kappa shape index (κ2) is 10.2. The lowest BCUT2D eigenvalue weighted by atomic mass is 9.94. The highest BCUT2D eigenvalue weighted by atomic mass is 16.5. The fourth-order valence-corrected chi connectivity index (χ4v) is 2.67. The van der Waals surface area contributed by atoms with E-state index in [1.165, 1.54) is 5.56 Å². The number of carbonyl (C=O) groups excluding carboxylic acids is 1. The van der Waals surface area contributed by atoms with Gasteiger partial charge in [-0.25, -0.2) is 0 Å². The van der Waals surface area contributed by atoms with Crippen LogP contribution in [0.5, 0.6) is 5.75 Å². The second-order valence-electron chi connectivity index (χ2n) is 6.46. The minimum absolute atomic E-state index is 0.130. The Balaban J connectivity index is 1.90. The van der Waals surface area contributed by atoms with E-state index in [0.29, 0.717) is 18.2 Å². The first kappa shape index (κ1) is 20.3. The number of primary amides is 1. The van der Waals surface area contributed by atoms with E-state index < -0.39 is 5.91 Å². The molecule has 0 radical (unpaired) electrons. The summed E-state index contributed by atoms with van der Waals surface area (Å²) in [7, 11) is 1.75. The Bertz CT molecular complexity index is 762. The predicted octanol–water partition coefficient (Wildman–Crippen LogP) is 2.41. The molecular formula is C21H28N4O2. The summed E-state index contributed by atoms with van der Waals surface area (Å²) in [5.74, 6) is 1.19. The molecule has 2 unspecified atom stereocenters. The molecule has 0 aliphatic rings. The van der Waals surface area contributed by atoms with E-state index in [0.717, 1.165) is 11.5 Å². The van der Waals surface area contributed by atoms with Crippen LogP contribution in [0.1, 0.15) is 30.9 Å². The molecule has 0 saturated heterocycles. The molecule has 4 N–H and O–H groups in total. The third-order valence-corrected chi connectivity index (χ3v) is 4.40. The fourth-order valence-electron chi connectivity index (χ4n) is 2.67. The molecule has 144 valence electrons. The molecule has 0 aromatic heterocycles. The van der Waals surface area contributed by atoms with E-state index in [-0.39, 0.29) is 12.6 Å². The van der Waals surface area contributed by atoms with Crippen LogP contribution in [0.3, 0.4) is 0 Å². The van der Waals surface area contributed by atoms with Gasteiger partial charge in [0.2, 0.25) is 0 Å². The highest BCUT2D eigenvalue weighted by Gasteiger charge is 2.15. The third kappa shape index (κ3) is 6.66. The Kier molecular flexibility index (Phi) is 7.67. The smallest absolute Gasteiger partial charge is 0.255 e. The molecule has 2 rings (SSSR count). The van der Waals surface area contributed by atoms with Crippen LogP contribution in [-0.2, 0) is 11.3 Å². The van der Waals surface area contributed by atoms with Gasteiger partial charge in [-0.2, -0.15) is 0 Å². The number of guanidine groups is 1. The topological polar surface area (TPSA) is 88.7 Å². The number of ether oxygens (including phenoxy) is 1. The molecule has 2 atom stereocenters. The van der Waals surface area contributed by atoms with Crippen molar-refractivity contribution >= 4 is 11.9 Å². The first-order chi connectivity index (χ1) is 13.0. The predicted molar refractivity (Wildman–Crippen MR) is 109 cm³/mol. The number of nitrogens with two attached hydrogens (primary N) is 1. The van der Waals surface area contributed by atoms with Gasteiger partial charge in [-0.15, -0.1) is 0 Å². The number of nitrogens with zero attached hydrogens (tertiary/aromatic N) is 1. The van der Waals surface area contributed by atoms with Gasteiger partial charge < -0.3 is 21.1 Å². The van der Waals surface area contributed by atoms with Crippen LogP contribution in [0.15, 0.2) is 59.6 Å². The molecule has 0 aliphatic heterocycles. The zero-order chi connectivity index (χ0) is 19.6.